The molecule has 37 heavy (non-hydrogen) atoms. The van der Waals surface area contributed by atoms with Gasteiger partial charge in [0.25, 0.3) is 0 Å². The van der Waals surface area contributed by atoms with Crippen molar-refractivity contribution in [2.75, 3.05) is 0 Å². The maximum absolute atomic E-state index is 14.6. The van der Waals surface area contributed by atoms with E-state index in [0.717, 1.165) is 47.2 Å². The van der Waals surface area contributed by atoms with Gasteiger partial charge in [-0.1, -0.05) is 0 Å². The lowest BCUT2D eigenvalue weighted by molar-refractivity contribution is -0.141. The molecule has 0 radical (unpaired) electrons. The van der Waals surface area contributed by atoms with Crippen LogP contribution in [0.5, 0.6) is 0 Å². The van der Waals surface area contributed by atoms with Crippen molar-refractivity contribution in [3.8, 4) is 11.3 Å². The molecule has 0 saturated carbocycles. The number of pyridine rings is 1. The Balaban J connectivity index is 1.49. The number of nitrogens with zero attached hydrogens (tertiary/aromatic N) is 4. The van der Waals surface area contributed by atoms with Crippen molar-refractivity contribution < 1.29 is 35.2 Å². The standard InChI is InChI=1S/C23H20F5N5O3S/c1-13-18(25)9-20(33(13)37(35,36)17-5-3-15(24)4-6-17)22(34)30-11-16-8-19(32-12-31-16)14-2-7-21(29-10-14)23(26,27)28/h2-8,10,12-13,18,20H,9,11H2,1H3,(H,30,34). The number of benzene rings is 1. The second kappa shape index (κ2) is 10.1. The SMILES string of the molecule is CC1C(F)CC(C(=O)NCc2cc(-c3ccc(C(F)(F)F)nc3)ncn2)N1S(=O)(=O)c1ccc(F)cc1. The Morgan fingerprint density at radius 1 is 1.11 bits per heavy atom. The van der Waals surface area contributed by atoms with Crippen LogP contribution in [0.1, 0.15) is 24.7 Å². The average molecular weight is 542 g/mol. The zero-order chi connectivity index (χ0) is 27.0. The Bertz CT molecular complexity index is 1390. The number of carbonyl (C=O) groups is 1. The van der Waals surface area contributed by atoms with Gasteiger partial charge in [0.15, 0.2) is 0 Å². The first kappa shape index (κ1) is 26.5. The Hall–Kier alpha value is -3.52. The van der Waals surface area contributed by atoms with E-state index in [2.05, 4.69) is 20.3 Å². The second-order valence-corrected chi connectivity index (χ2v) is 10.2. The summed E-state index contributed by atoms with van der Waals surface area (Å²) in [6, 6.07) is 4.91. The van der Waals surface area contributed by atoms with E-state index >= 15 is 0 Å². The number of alkyl halides is 4. The second-order valence-electron chi connectivity index (χ2n) is 8.34. The molecular weight excluding hydrogens is 521 g/mol. The van der Waals surface area contributed by atoms with E-state index in [1.165, 1.54) is 19.1 Å². The zero-order valence-corrected chi connectivity index (χ0v) is 20.0. The largest absolute Gasteiger partial charge is 0.433 e. The maximum Gasteiger partial charge on any atom is 0.433 e. The number of amides is 1. The van der Waals surface area contributed by atoms with Gasteiger partial charge in [0, 0.05) is 18.2 Å². The minimum atomic E-state index is -4.59. The number of hydrogen-bond acceptors (Lipinski definition) is 6. The molecule has 1 aliphatic heterocycles. The molecule has 1 amide bonds. The zero-order valence-electron chi connectivity index (χ0n) is 19.2. The number of sulfonamides is 1. The smallest absolute Gasteiger partial charge is 0.349 e. The van der Waals surface area contributed by atoms with E-state index in [4.69, 9.17) is 0 Å². The molecule has 196 valence electrons. The molecule has 0 spiro atoms. The van der Waals surface area contributed by atoms with Crippen LogP contribution in [-0.4, -0.2) is 51.8 Å². The molecule has 1 fully saturated rings. The summed E-state index contributed by atoms with van der Waals surface area (Å²) >= 11 is 0. The van der Waals surface area contributed by atoms with Crippen molar-refractivity contribution in [3.05, 3.63) is 72.2 Å². The summed E-state index contributed by atoms with van der Waals surface area (Å²) < 4.78 is 93.1. The Morgan fingerprint density at radius 2 is 1.81 bits per heavy atom. The van der Waals surface area contributed by atoms with Gasteiger partial charge in [-0.25, -0.2) is 27.2 Å². The Morgan fingerprint density at radius 3 is 2.43 bits per heavy atom. The van der Waals surface area contributed by atoms with E-state index in [-0.39, 0.29) is 34.8 Å². The predicted octanol–water partition coefficient (Wildman–Crippen LogP) is 3.50. The fourth-order valence-electron chi connectivity index (χ4n) is 3.96. The molecule has 1 saturated heterocycles. The summed E-state index contributed by atoms with van der Waals surface area (Å²) in [5, 5.41) is 2.53. The van der Waals surface area contributed by atoms with Gasteiger partial charge in [0.1, 0.15) is 30.1 Å². The average Bonchev–Trinajstić information content (AvgIpc) is 3.17. The molecule has 14 heteroatoms. The first-order valence-electron chi connectivity index (χ1n) is 10.9. The van der Waals surface area contributed by atoms with Crippen molar-refractivity contribution in [1.29, 1.82) is 0 Å². The number of hydrogen-bond donors (Lipinski definition) is 1. The minimum absolute atomic E-state index is 0.186. The summed E-state index contributed by atoms with van der Waals surface area (Å²) in [5.74, 6) is -1.42. The molecule has 8 nitrogen and oxygen atoms in total. The monoisotopic (exact) mass is 541 g/mol. The molecule has 3 unspecified atom stereocenters. The number of rotatable bonds is 6. The highest BCUT2D eigenvalue weighted by molar-refractivity contribution is 7.89. The number of carbonyl (C=O) groups excluding carboxylic acids is 1. The third-order valence-corrected chi connectivity index (χ3v) is 7.90. The van der Waals surface area contributed by atoms with E-state index in [1.54, 1.807) is 0 Å². The fraction of sp³-hybridized carbons (Fsp3) is 0.304. The van der Waals surface area contributed by atoms with Gasteiger partial charge in [-0.3, -0.25) is 9.78 Å². The third kappa shape index (κ3) is 5.59. The van der Waals surface area contributed by atoms with Crippen LogP contribution in [0.15, 0.2) is 59.9 Å². The predicted molar refractivity (Wildman–Crippen MR) is 120 cm³/mol. The van der Waals surface area contributed by atoms with Crippen LogP contribution in [-0.2, 0) is 27.5 Å². The molecule has 1 N–H and O–H groups in total. The van der Waals surface area contributed by atoms with Crippen LogP contribution >= 0.6 is 0 Å². The summed E-state index contributed by atoms with van der Waals surface area (Å²) in [6.07, 6.45) is -4.42. The number of halogens is 5. The lowest BCUT2D eigenvalue weighted by Crippen LogP contribution is -2.48. The molecule has 0 aliphatic carbocycles. The molecule has 2 aromatic heterocycles. The highest BCUT2D eigenvalue weighted by Crippen LogP contribution is 2.33. The van der Waals surface area contributed by atoms with Gasteiger partial charge in [0.2, 0.25) is 15.9 Å². The molecule has 3 aromatic rings. The van der Waals surface area contributed by atoms with Crippen molar-refractivity contribution in [2.45, 2.75) is 49.2 Å². The van der Waals surface area contributed by atoms with Crippen LogP contribution in [0.4, 0.5) is 22.0 Å². The summed E-state index contributed by atoms with van der Waals surface area (Å²) in [4.78, 5) is 24.0. The minimum Gasteiger partial charge on any atom is -0.349 e. The van der Waals surface area contributed by atoms with Crippen LogP contribution in [0.25, 0.3) is 11.3 Å². The fourth-order valence-corrected chi connectivity index (χ4v) is 5.77. The van der Waals surface area contributed by atoms with Crippen molar-refractivity contribution >= 4 is 15.9 Å². The van der Waals surface area contributed by atoms with E-state index in [0.29, 0.717) is 0 Å². The van der Waals surface area contributed by atoms with Crippen LogP contribution in [0, 0.1) is 5.82 Å². The lowest BCUT2D eigenvalue weighted by atomic mass is 10.1. The molecule has 1 aromatic carbocycles. The van der Waals surface area contributed by atoms with Crippen LogP contribution in [0.3, 0.4) is 0 Å². The van der Waals surface area contributed by atoms with Crippen molar-refractivity contribution in [2.24, 2.45) is 0 Å². The topological polar surface area (TPSA) is 105 Å². The Kier molecular flexibility index (Phi) is 7.24. The van der Waals surface area contributed by atoms with Crippen molar-refractivity contribution in [1.82, 2.24) is 24.6 Å². The van der Waals surface area contributed by atoms with Gasteiger partial charge in [-0.2, -0.15) is 17.5 Å². The van der Waals surface area contributed by atoms with E-state index in [1.807, 2.05) is 0 Å². The molecule has 3 atom stereocenters. The van der Waals surface area contributed by atoms with Gasteiger partial charge in [0.05, 0.1) is 28.9 Å². The highest BCUT2D eigenvalue weighted by Gasteiger charge is 2.49. The highest BCUT2D eigenvalue weighted by atomic mass is 32.2. The van der Waals surface area contributed by atoms with Crippen LogP contribution in [0.2, 0.25) is 0 Å². The Labute approximate surface area is 208 Å². The molecule has 0 bridgehead atoms. The number of aromatic nitrogens is 3. The number of nitrogens with one attached hydrogen (secondary N) is 1. The summed E-state index contributed by atoms with van der Waals surface area (Å²) in [6.45, 7) is 1.16. The molecule has 3 heterocycles. The first-order valence-corrected chi connectivity index (χ1v) is 12.4. The quantitative estimate of drug-likeness (QED) is 0.479. The first-order chi connectivity index (χ1) is 17.4. The van der Waals surface area contributed by atoms with Gasteiger partial charge < -0.3 is 5.32 Å². The maximum atomic E-state index is 14.6. The van der Waals surface area contributed by atoms with Gasteiger partial charge in [-0.15, -0.1) is 0 Å². The normalized spacial score (nSPS) is 20.6. The van der Waals surface area contributed by atoms with Crippen LogP contribution < -0.4 is 5.32 Å². The summed E-state index contributed by atoms with van der Waals surface area (Å²) in [7, 11) is -4.32. The third-order valence-electron chi connectivity index (χ3n) is 5.89. The van der Waals surface area contributed by atoms with E-state index < -0.39 is 51.9 Å². The molecule has 1 aliphatic rings. The van der Waals surface area contributed by atoms with E-state index in [9.17, 15) is 35.2 Å². The van der Waals surface area contributed by atoms with Crippen molar-refractivity contribution in [3.63, 3.8) is 0 Å². The summed E-state index contributed by atoms with van der Waals surface area (Å²) in [5.41, 5.74) is -0.257. The van der Waals surface area contributed by atoms with Gasteiger partial charge >= 0.3 is 6.18 Å². The molecular formula is C23H20F5N5O3S. The van der Waals surface area contributed by atoms with Gasteiger partial charge in [-0.05, 0) is 49.4 Å². The molecule has 4 rings (SSSR count). The lowest BCUT2D eigenvalue weighted by Gasteiger charge is -2.26.